The van der Waals surface area contributed by atoms with E-state index in [1.165, 1.54) is 18.2 Å². The van der Waals surface area contributed by atoms with Crippen molar-refractivity contribution in [2.24, 2.45) is 0 Å². The Balaban J connectivity index is 2.44. The average molecular weight is 305 g/mol. The van der Waals surface area contributed by atoms with Crippen molar-refractivity contribution in [1.82, 2.24) is 0 Å². The maximum Gasteiger partial charge on any atom is 0.313 e. The van der Waals surface area contributed by atoms with E-state index in [0.29, 0.717) is 24.3 Å². The van der Waals surface area contributed by atoms with Crippen LogP contribution in [0.25, 0.3) is 0 Å². The van der Waals surface area contributed by atoms with Crippen molar-refractivity contribution < 1.29 is 22.7 Å². The van der Waals surface area contributed by atoms with Gasteiger partial charge in [-0.2, -0.15) is 0 Å². The molecule has 0 saturated carbocycles. The maximum atomic E-state index is 11.9. The molecule has 1 aromatic rings. The van der Waals surface area contributed by atoms with Gasteiger partial charge in [-0.1, -0.05) is 0 Å². The van der Waals surface area contributed by atoms with E-state index in [2.05, 4.69) is 0 Å². The summed E-state index contributed by atoms with van der Waals surface area (Å²) in [5.41, 5.74) is 0.506. The molecule has 104 valence electrons. The van der Waals surface area contributed by atoms with E-state index in [9.17, 15) is 13.2 Å². The lowest BCUT2D eigenvalue weighted by Gasteiger charge is -2.24. The fourth-order valence-corrected chi connectivity index (χ4v) is 2.80. The van der Waals surface area contributed by atoms with Crippen LogP contribution < -0.4 is 4.74 Å². The Morgan fingerprint density at radius 3 is 2.89 bits per heavy atom. The topological polar surface area (TPSA) is 69.7 Å². The Morgan fingerprint density at radius 2 is 2.26 bits per heavy atom. The highest BCUT2D eigenvalue weighted by Crippen LogP contribution is 2.36. The molecule has 7 heteroatoms. The van der Waals surface area contributed by atoms with Gasteiger partial charge in [-0.05, 0) is 31.5 Å². The Morgan fingerprint density at radius 1 is 1.53 bits per heavy atom. The van der Waals surface area contributed by atoms with Crippen molar-refractivity contribution in [3.05, 3.63) is 23.8 Å². The predicted molar refractivity (Wildman–Crippen MR) is 69.0 cm³/mol. The molecule has 1 unspecified atom stereocenters. The van der Waals surface area contributed by atoms with Crippen molar-refractivity contribution in [2.75, 3.05) is 13.2 Å². The molecule has 0 fully saturated rings. The molecule has 5 nitrogen and oxygen atoms in total. The van der Waals surface area contributed by atoms with Gasteiger partial charge in [0, 0.05) is 16.2 Å². The smallest absolute Gasteiger partial charge is 0.313 e. The normalized spacial score (nSPS) is 18.3. The van der Waals surface area contributed by atoms with E-state index < -0.39 is 15.0 Å². The number of rotatable bonds is 3. The molecule has 0 saturated heterocycles. The minimum atomic E-state index is -3.83. The van der Waals surface area contributed by atoms with E-state index in [1.54, 1.807) is 6.92 Å². The summed E-state index contributed by atoms with van der Waals surface area (Å²) >= 11 is 0. The number of halogens is 1. The van der Waals surface area contributed by atoms with Crippen molar-refractivity contribution in [3.63, 3.8) is 0 Å². The molecule has 1 aliphatic rings. The Kier molecular flexibility index (Phi) is 4.01. The number of benzene rings is 1. The van der Waals surface area contributed by atoms with Crippen LogP contribution in [0.1, 0.15) is 24.8 Å². The van der Waals surface area contributed by atoms with Crippen molar-refractivity contribution in [3.8, 4) is 5.75 Å². The van der Waals surface area contributed by atoms with Crippen LogP contribution in [0.4, 0.5) is 0 Å². The molecule has 0 bridgehead atoms. The predicted octanol–water partition coefficient (Wildman–Crippen LogP) is 2.04. The first-order valence-electron chi connectivity index (χ1n) is 5.81. The zero-order valence-electron chi connectivity index (χ0n) is 10.3. The van der Waals surface area contributed by atoms with Crippen LogP contribution >= 0.6 is 10.7 Å². The van der Waals surface area contributed by atoms with Gasteiger partial charge in [-0.3, -0.25) is 4.79 Å². The average Bonchev–Trinajstić information content (AvgIpc) is 2.36. The van der Waals surface area contributed by atoms with Gasteiger partial charge in [0.1, 0.15) is 5.75 Å². The van der Waals surface area contributed by atoms with Crippen molar-refractivity contribution >= 4 is 25.7 Å². The van der Waals surface area contributed by atoms with Gasteiger partial charge in [0.25, 0.3) is 9.05 Å². The zero-order chi connectivity index (χ0) is 14.0. The standard InChI is InChI=1S/C12H13ClO5S/c1-2-17-12(14)9-5-6-18-11-4-3-8(7-10(9)11)19(13,15)16/h3-4,7,9H,2,5-6H2,1H3. The Bertz CT molecular complexity index is 596. The molecule has 0 N–H and O–H groups in total. The summed E-state index contributed by atoms with van der Waals surface area (Å²) in [5.74, 6) is -0.397. The monoisotopic (exact) mass is 304 g/mol. The lowest BCUT2D eigenvalue weighted by Crippen LogP contribution is -2.23. The van der Waals surface area contributed by atoms with Gasteiger partial charge < -0.3 is 9.47 Å². The Labute approximate surface area is 115 Å². The van der Waals surface area contributed by atoms with E-state index in [1.807, 2.05) is 0 Å². The summed E-state index contributed by atoms with van der Waals surface area (Å²) in [6.45, 7) is 2.39. The van der Waals surface area contributed by atoms with Crippen molar-refractivity contribution in [2.45, 2.75) is 24.2 Å². The van der Waals surface area contributed by atoms with Crippen LogP contribution in [0.5, 0.6) is 5.75 Å². The number of hydrogen-bond acceptors (Lipinski definition) is 5. The van der Waals surface area contributed by atoms with E-state index >= 15 is 0 Å². The molecular formula is C12H13ClO5S. The summed E-state index contributed by atoms with van der Waals surface area (Å²) in [5, 5.41) is 0. The fourth-order valence-electron chi connectivity index (χ4n) is 2.01. The zero-order valence-corrected chi connectivity index (χ0v) is 11.8. The summed E-state index contributed by atoms with van der Waals surface area (Å²) in [7, 11) is 1.47. The highest BCUT2D eigenvalue weighted by atomic mass is 35.7. The molecule has 1 heterocycles. The van der Waals surface area contributed by atoms with Crippen LogP contribution in [0.2, 0.25) is 0 Å². The largest absolute Gasteiger partial charge is 0.493 e. The summed E-state index contributed by atoms with van der Waals surface area (Å²) in [6.07, 6.45) is 0.456. The molecule has 2 rings (SSSR count). The third-order valence-corrected chi connectivity index (χ3v) is 4.22. The second-order valence-electron chi connectivity index (χ2n) is 4.08. The minimum Gasteiger partial charge on any atom is -0.493 e. The molecular weight excluding hydrogens is 292 g/mol. The number of hydrogen-bond donors (Lipinski definition) is 0. The summed E-state index contributed by atoms with van der Waals surface area (Å²) in [6, 6.07) is 4.24. The van der Waals surface area contributed by atoms with Crippen LogP contribution in [0.3, 0.4) is 0 Å². The number of esters is 1. The molecule has 0 radical (unpaired) electrons. The highest BCUT2D eigenvalue weighted by molar-refractivity contribution is 8.13. The molecule has 1 aromatic carbocycles. The molecule has 0 amide bonds. The van der Waals surface area contributed by atoms with E-state index in [-0.39, 0.29) is 17.5 Å². The summed E-state index contributed by atoms with van der Waals surface area (Å²) < 4.78 is 33.0. The third-order valence-electron chi connectivity index (χ3n) is 2.87. The quantitative estimate of drug-likeness (QED) is 0.631. The second-order valence-corrected chi connectivity index (χ2v) is 6.65. The van der Waals surface area contributed by atoms with Gasteiger partial charge in [-0.15, -0.1) is 0 Å². The number of carbonyl (C=O) groups is 1. The highest BCUT2D eigenvalue weighted by Gasteiger charge is 2.30. The second kappa shape index (κ2) is 5.38. The number of fused-ring (bicyclic) bond motifs is 1. The molecule has 1 aliphatic heterocycles. The lowest BCUT2D eigenvalue weighted by atomic mass is 9.93. The van der Waals surface area contributed by atoms with E-state index in [0.717, 1.165) is 0 Å². The minimum absolute atomic E-state index is 0.0484. The van der Waals surface area contributed by atoms with Crippen LogP contribution in [-0.4, -0.2) is 27.6 Å². The van der Waals surface area contributed by atoms with Gasteiger partial charge in [0.05, 0.1) is 24.0 Å². The van der Waals surface area contributed by atoms with Crippen LogP contribution in [-0.2, 0) is 18.6 Å². The molecule has 0 spiro atoms. The molecule has 19 heavy (non-hydrogen) atoms. The van der Waals surface area contributed by atoms with Gasteiger partial charge in [0.2, 0.25) is 0 Å². The third kappa shape index (κ3) is 3.01. The molecule has 1 atom stereocenters. The van der Waals surface area contributed by atoms with Crippen LogP contribution in [0, 0.1) is 0 Å². The van der Waals surface area contributed by atoms with Gasteiger partial charge >= 0.3 is 5.97 Å². The van der Waals surface area contributed by atoms with Crippen molar-refractivity contribution in [1.29, 1.82) is 0 Å². The summed E-state index contributed by atoms with van der Waals surface area (Å²) in [4.78, 5) is 11.8. The molecule has 0 aliphatic carbocycles. The number of carbonyl (C=O) groups excluding carboxylic acids is 1. The fraction of sp³-hybridized carbons (Fsp3) is 0.417. The maximum absolute atomic E-state index is 11.9. The van der Waals surface area contributed by atoms with Gasteiger partial charge in [-0.25, -0.2) is 8.42 Å². The first-order valence-corrected chi connectivity index (χ1v) is 8.12. The SMILES string of the molecule is CCOC(=O)C1CCOc2ccc(S(=O)(=O)Cl)cc21. The lowest BCUT2D eigenvalue weighted by molar-refractivity contribution is -0.145. The van der Waals surface area contributed by atoms with Crippen LogP contribution in [0.15, 0.2) is 23.1 Å². The van der Waals surface area contributed by atoms with Gasteiger partial charge in [0.15, 0.2) is 0 Å². The number of ether oxygens (including phenoxy) is 2. The molecule has 0 aromatic heterocycles. The first kappa shape index (κ1) is 14.1. The Hall–Kier alpha value is -1.27. The van der Waals surface area contributed by atoms with E-state index in [4.69, 9.17) is 20.2 Å². The first-order chi connectivity index (χ1) is 8.93.